The molecule has 2 amide bonds. The van der Waals surface area contributed by atoms with Crippen LogP contribution in [-0.2, 0) is 23.1 Å². The summed E-state index contributed by atoms with van der Waals surface area (Å²) >= 11 is 6.35. The van der Waals surface area contributed by atoms with Gasteiger partial charge in [0, 0.05) is 13.1 Å². The van der Waals surface area contributed by atoms with Crippen molar-refractivity contribution in [1.82, 2.24) is 14.6 Å². The molecule has 0 fully saturated rings. The van der Waals surface area contributed by atoms with Crippen LogP contribution in [0.2, 0.25) is 5.02 Å². The maximum absolute atomic E-state index is 12.9. The fourth-order valence-corrected chi connectivity index (χ4v) is 7.31. The van der Waals surface area contributed by atoms with E-state index in [1.165, 1.54) is 81.4 Å². The smallest absolute Gasteiger partial charge is 0.309 e. The standard InChI is InChI=1S/C36H57ClN6O3S/c1-6-9-10-11-12-13-14-15-16-17-18-19-20-21-24-47(45,46)41-30-22-23-31(37)32(27-30)38-35(44)39-40-36-42(7-2)33-25-28(4)29(5)26-34(33)43(36)8-3/h22-23,25-27,41H,6-21,24H2,1-5H3,(H2,38,39,44). The molecule has 262 valence electrons. The number of urea groups is 1. The Bertz CT molecular complexity index is 1560. The van der Waals surface area contributed by atoms with Gasteiger partial charge in [0.05, 0.1) is 33.2 Å². The molecule has 0 spiro atoms. The molecule has 11 heteroatoms. The number of benzene rings is 2. The lowest BCUT2D eigenvalue weighted by atomic mass is 10.0. The van der Waals surface area contributed by atoms with Crippen molar-refractivity contribution < 1.29 is 13.2 Å². The van der Waals surface area contributed by atoms with Crippen LogP contribution in [0.5, 0.6) is 0 Å². The zero-order valence-corrected chi connectivity index (χ0v) is 30.8. The SMILES string of the molecule is CCCCCCCCCCCCCCCCS(=O)(=O)Nc1ccc(Cl)c(NC(=O)NN=c2n(CC)c3cc(C)c(C)cc3n2CC)c1. The highest BCUT2D eigenvalue weighted by molar-refractivity contribution is 7.92. The van der Waals surface area contributed by atoms with Gasteiger partial charge in [-0.15, -0.1) is 5.10 Å². The molecule has 3 aromatic rings. The highest BCUT2D eigenvalue weighted by Crippen LogP contribution is 2.26. The van der Waals surface area contributed by atoms with Gasteiger partial charge in [-0.2, -0.15) is 0 Å². The van der Waals surface area contributed by atoms with Crippen molar-refractivity contribution in [3.8, 4) is 0 Å². The Morgan fingerprint density at radius 2 is 1.23 bits per heavy atom. The van der Waals surface area contributed by atoms with Crippen molar-refractivity contribution in [2.45, 2.75) is 138 Å². The summed E-state index contributed by atoms with van der Waals surface area (Å²) in [6.07, 6.45) is 17.0. The summed E-state index contributed by atoms with van der Waals surface area (Å²) in [5, 5.41) is 7.44. The number of unbranched alkanes of at least 4 members (excludes halogenated alkanes) is 13. The lowest BCUT2D eigenvalue weighted by molar-refractivity contribution is 0.252. The normalized spacial score (nSPS) is 11.6. The third-order valence-electron chi connectivity index (χ3n) is 8.80. The molecule has 2 aromatic carbocycles. The summed E-state index contributed by atoms with van der Waals surface area (Å²) in [6, 6.07) is 8.37. The predicted octanol–water partition coefficient (Wildman–Crippen LogP) is 9.61. The zero-order chi connectivity index (χ0) is 34.2. The second-order valence-corrected chi connectivity index (χ2v) is 14.9. The summed E-state index contributed by atoms with van der Waals surface area (Å²) in [5.41, 5.74) is 8.32. The number of carbonyl (C=O) groups is 1. The quantitative estimate of drug-likeness (QED) is 0.0766. The van der Waals surface area contributed by atoms with E-state index in [-0.39, 0.29) is 16.5 Å². The van der Waals surface area contributed by atoms with Crippen LogP contribution in [0.25, 0.3) is 11.0 Å². The number of rotatable bonds is 21. The van der Waals surface area contributed by atoms with Crippen molar-refractivity contribution in [3.63, 3.8) is 0 Å². The van der Waals surface area contributed by atoms with Crippen LogP contribution in [0.1, 0.15) is 122 Å². The molecule has 0 saturated carbocycles. The number of nitrogens with one attached hydrogen (secondary N) is 3. The average molecular weight is 689 g/mol. The molecule has 0 radical (unpaired) electrons. The molecule has 0 aliphatic carbocycles. The molecule has 0 aliphatic rings. The van der Waals surface area contributed by atoms with E-state index in [0.29, 0.717) is 30.8 Å². The van der Waals surface area contributed by atoms with Crippen LogP contribution in [0.4, 0.5) is 16.2 Å². The first kappa shape index (κ1) is 38.5. The van der Waals surface area contributed by atoms with Gasteiger partial charge in [0.15, 0.2) is 0 Å². The minimum Gasteiger partial charge on any atom is -0.309 e. The number of anilines is 2. The van der Waals surface area contributed by atoms with Gasteiger partial charge in [0.25, 0.3) is 0 Å². The van der Waals surface area contributed by atoms with E-state index in [4.69, 9.17) is 11.6 Å². The number of fused-ring (bicyclic) bond motifs is 1. The Balaban J connectivity index is 1.46. The van der Waals surface area contributed by atoms with Crippen LogP contribution >= 0.6 is 11.6 Å². The van der Waals surface area contributed by atoms with Crippen molar-refractivity contribution >= 4 is 50.1 Å². The maximum atomic E-state index is 12.9. The Hall–Kier alpha value is -2.98. The number of imidazole rings is 1. The molecule has 0 saturated heterocycles. The number of sulfonamides is 1. The van der Waals surface area contributed by atoms with Gasteiger partial charge < -0.3 is 14.5 Å². The molecule has 0 atom stereocenters. The molecule has 3 rings (SSSR count). The maximum Gasteiger partial charge on any atom is 0.339 e. The first-order chi connectivity index (χ1) is 22.6. The average Bonchev–Trinajstić information content (AvgIpc) is 3.32. The second-order valence-electron chi connectivity index (χ2n) is 12.6. The van der Waals surface area contributed by atoms with Gasteiger partial charge in [-0.25, -0.2) is 18.6 Å². The number of amides is 2. The predicted molar refractivity (Wildman–Crippen MR) is 198 cm³/mol. The van der Waals surface area contributed by atoms with E-state index in [0.717, 1.165) is 30.3 Å². The first-order valence-corrected chi connectivity index (χ1v) is 19.7. The fourth-order valence-electron chi connectivity index (χ4n) is 5.98. The third kappa shape index (κ3) is 12.2. The number of hydrogen-bond acceptors (Lipinski definition) is 4. The van der Waals surface area contributed by atoms with E-state index < -0.39 is 16.1 Å². The van der Waals surface area contributed by atoms with Crippen molar-refractivity contribution in [1.29, 1.82) is 0 Å². The molecule has 1 aromatic heterocycles. The highest BCUT2D eigenvalue weighted by Gasteiger charge is 2.14. The van der Waals surface area contributed by atoms with Gasteiger partial charge in [-0.3, -0.25) is 4.72 Å². The number of nitrogens with zero attached hydrogens (tertiary/aromatic N) is 3. The van der Waals surface area contributed by atoms with Crippen molar-refractivity contribution in [2.24, 2.45) is 5.10 Å². The molecule has 3 N–H and O–H groups in total. The van der Waals surface area contributed by atoms with Crippen LogP contribution in [-0.4, -0.2) is 29.3 Å². The van der Waals surface area contributed by atoms with Crippen LogP contribution in [0.15, 0.2) is 35.4 Å². The van der Waals surface area contributed by atoms with Crippen LogP contribution in [0.3, 0.4) is 0 Å². The number of halogens is 1. The van der Waals surface area contributed by atoms with Gasteiger partial charge >= 0.3 is 6.03 Å². The number of carbonyl (C=O) groups excluding carboxylic acids is 1. The summed E-state index contributed by atoms with van der Waals surface area (Å²) in [7, 11) is -3.54. The van der Waals surface area contributed by atoms with E-state index in [2.05, 4.69) is 62.6 Å². The Labute approximate surface area is 287 Å². The lowest BCUT2D eigenvalue weighted by Gasteiger charge is -2.12. The van der Waals surface area contributed by atoms with Gasteiger partial charge in [-0.05, 0) is 75.6 Å². The van der Waals surface area contributed by atoms with Crippen molar-refractivity contribution in [2.75, 3.05) is 15.8 Å². The van der Waals surface area contributed by atoms with Gasteiger partial charge in [0.2, 0.25) is 15.6 Å². The summed E-state index contributed by atoms with van der Waals surface area (Å²) < 4.78 is 32.3. The van der Waals surface area contributed by atoms with E-state index in [1.54, 1.807) is 12.1 Å². The van der Waals surface area contributed by atoms with Crippen LogP contribution < -0.4 is 21.1 Å². The van der Waals surface area contributed by atoms with Gasteiger partial charge in [0.1, 0.15) is 0 Å². The van der Waals surface area contributed by atoms with Crippen LogP contribution in [0, 0.1) is 13.8 Å². The molecule has 1 heterocycles. The molecular weight excluding hydrogens is 632 g/mol. The van der Waals surface area contributed by atoms with Crippen molar-refractivity contribution in [3.05, 3.63) is 52.1 Å². The summed E-state index contributed by atoms with van der Waals surface area (Å²) in [4.78, 5) is 12.9. The molecule has 47 heavy (non-hydrogen) atoms. The zero-order valence-electron chi connectivity index (χ0n) is 29.3. The highest BCUT2D eigenvalue weighted by atomic mass is 35.5. The van der Waals surface area contributed by atoms with E-state index >= 15 is 0 Å². The topological polar surface area (TPSA) is 110 Å². The molecule has 0 bridgehead atoms. The fraction of sp³-hybridized carbons (Fsp3) is 0.611. The minimum absolute atomic E-state index is 0.0533. The molecular formula is C36H57ClN6O3S. The monoisotopic (exact) mass is 688 g/mol. The molecule has 0 unspecified atom stereocenters. The third-order valence-corrected chi connectivity index (χ3v) is 10.5. The number of aryl methyl sites for hydroxylation is 4. The number of aromatic nitrogens is 2. The lowest BCUT2D eigenvalue weighted by Crippen LogP contribution is -2.32. The minimum atomic E-state index is -3.54. The Morgan fingerprint density at radius 3 is 1.72 bits per heavy atom. The number of hydrogen-bond donors (Lipinski definition) is 3. The largest absolute Gasteiger partial charge is 0.339 e. The first-order valence-electron chi connectivity index (χ1n) is 17.7. The van der Waals surface area contributed by atoms with E-state index in [9.17, 15) is 13.2 Å². The molecule has 0 aliphatic heterocycles. The summed E-state index contributed by atoms with van der Waals surface area (Å²) in [5.74, 6) is 0.0533. The second kappa shape index (κ2) is 19.7. The summed E-state index contributed by atoms with van der Waals surface area (Å²) in [6.45, 7) is 11.9. The Kier molecular flexibility index (Phi) is 16.2. The van der Waals surface area contributed by atoms with Gasteiger partial charge in [-0.1, -0.05) is 102 Å². The Morgan fingerprint density at radius 1 is 0.745 bits per heavy atom. The van der Waals surface area contributed by atoms with E-state index in [1.807, 2.05) is 13.8 Å². The molecule has 9 nitrogen and oxygen atoms in total.